The second kappa shape index (κ2) is 4.97. The first-order valence-electron chi connectivity index (χ1n) is 5.58. The lowest BCUT2D eigenvalue weighted by Crippen LogP contribution is -2.43. The Morgan fingerprint density at radius 2 is 2.38 bits per heavy atom. The fourth-order valence-corrected chi connectivity index (χ4v) is 3.20. The van der Waals surface area contributed by atoms with Crippen LogP contribution in [0.3, 0.4) is 0 Å². The summed E-state index contributed by atoms with van der Waals surface area (Å²) in [5.74, 6) is 0.363. The van der Waals surface area contributed by atoms with Crippen LogP contribution in [0.15, 0.2) is 12.1 Å². The number of hydrogen-bond acceptors (Lipinski definition) is 4. The molecule has 0 spiro atoms. The van der Waals surface area contributed by atoms with Crippen LogP contribution in [0.5, 0.6) is 0 Å². The molecule has 2 heterocycles. The number of aryl methyl sites for hydroxylation is 1. The molecule has 0 saturated carbocycles. The van der Waals surface area contributed by atoms with E-state index in [0.717, 1.165) is 19.4 Å². The van der Waals surface area contributed by atoms with Gasteiger partial charge in [-0.25, -0.2) is 0 Å². The highest BCUT2D eigenvalue weighted by Gasteiger charge is 2.28. The Morgan fingerprint density at radius 1 is 1.56 bits per heavy atom. The smallest absolute Gasteiger partial charge is 0.322 e. The van der Waals surface area contributed by atoms with Gasteiger partial charge in [-0.15, -0.1) is 11.3 Å². The molecule has 2 rings (SSSR count). The predicted octanol–water partition coefficient (Wildman–Crippen LogP) is 2.07. The number of hydrogen-bond donors (Lipinski definition) is 1. The second-order valence-electron chi connectivity index (χ2n) is 4.20. The zero-order valence-corrected chi connectivity index (χ0v) is 10.5. The number of esters is 1. The number of carbonyl (C=O) groups excluding carboxylic acids is 1. The summed E-state index contributed by atoms with van der Waals surface area (Å²) in [5, 5.41) is 3.21. The van der Waals surface area contributed by atoms with Gasteiger partial charge in [-0.05, 0) is 44.4 Å². The minimum Gasteiger partial charge on any atom is -0.468 e. The zero-order chi connectivity index (χ0) is 11.5. The van der Waals surface area contributed by atoms with Gasteiger partial charge in [0, 0.05) is 9.75 Å². The molecule has 2 unspecified atom stereocenters. The van der Waals surface area contributed by atoms with Gasteiger partial charge in [0.2, 0.25) is 0 Å². The fourth-order valence-electron chi connectivity index (χ4n) is 2.17. The normalized spacial score (nSPS) is 25.4. The van der Waals surface area contributed by atoms with Crippen molar-refractivity contribution in [2.24, 2.45) is 0 Å². The highest BCUT2D eigenvalue weighted by atomic mass is 32.1. The van der Waals surface area contributed by atoms with Crippen LogP contribution in [0, 0.1) is 6.92 Å². The first kappa shape index (κ1) is 11.6. The van der Waals surface area contributed by atoms with Gasteiger partial charge in [0.25, 0.3) is 0 Å². The Morgan fingerprint density at radius 3 is 3.00 bits per heavy atom. The van der Waals surface area contributed by atoms with Crippen LogP contribution >= 0.6 is 11.3 Å². The van der Waals surface area contributed by atoms with Crippen molar-refractivity contribution in [3.8, 4) is 0 Å². The predicted molar refractivity (Wildman–Crippen MR) is 64.8 cm³/mol. The molecule has 1 aromatic heterocycles. The van der Waals surface area contributed by atoms with Crippen molar-refractivity contribution in [1.82, 2.24) is 5.32 Å². The molecule has 3 nitrogen and oxygen atoms in total. The van der Waals surface area contributed by atoms with Crippen molar-refractivity contribution in [3.63, 3.8) is 0 Å². The van der Waals surface area contributed by atoms with E-state index in [1.807, 2.05) is 11.3 Å². The summed E-state index contributed by atoms with van der Waals surface area (Å²) in [6, 6.07) is 4.20. The van der Waals surface area contributed by atoms with Gasteiger partial charge >= 0.3 is 5.97 Å². The van der Waals surface area contributed by atoms with Crippen molar-refractivity contribution >= 4 is 17.3 Å². The van der Waals surface area contributed by atoms with Gasteiger partial charge in [0.15, 0.2) is 0 Å². The Bertz CT molecular complexity index is 375. The van der Waals surface area contributed by atoms with E-state index in [4.69, 9.17) is 4.74 Å². The van der Waals surface area contributed by atoms with E-state index >= 15 is 0 Å². The summed E-state index contributed by atoms with van der Waals surface area (Å²) >= 11 is 1.84. The van der Waals surface area contributed by atoms with E-state index in [-0.39, 0.29) is 12.0 Å². The average Bonchev–Trinajstić information content (AvgIpc) is 2.75. The summed E-state index contributed by atoms with van der Waals surface area (Å²) in [7, 11) is 1.45. The van der Waals surface area contributed by atoms with Crippen molar-refractivity contribution in [2.75, 3.05) is 13.7 Å². The van der Waals surface area contributed by atoms with Crippen LogP contribution in [0.2, 0.25) is 0 Å². The van der Waals surface area contributed by atoms with Gasteiger partial charge in [-0.1, -0.05) is 0 Å². The van der Waals surface area contributed by atoms with Crippen molar-refractivity contribution in [3.05, 3.63) is 21.9 Å². The van der Waals surface area contributed by atoms with Crippen LogP contribution in [0.25, 0.3) is 0 Å². The summed E-state index contributed by atoms with van der Waals surface area (Å²) in [6.07, 6.45) is 1.96. The van der Waals surface area contributed by atoms with Gasteiger partial charge < -0.3 is 10.1 Å². The first-order chi connectivity index (χ1) is 7.70. The standard InChI is InChI=1S/C12H17NO2S/c1-8-3-4-11(16-8)9-5-6-13-10(7-9)12(14)15-2/h3-4,9-10,13H,5-7H2,1-2H3. The SMILES string of the molecule is COC(=O)C1CC(c2ccc(C)s2)CCN1. The molecule has 0 radical (unpaired) electrons. The maximum Gasteiger partial charge on any atom is 0.322 e. The Labute approximate surface area is 99.8 Å². The van der Waals surface area contributed by atoms with Gasteiger partial charge in [0.1, 0.15) is 6.04 Å². The summed E-state index contributed by atoms with van der Waals surface area (Å²) in [5.41, 5.74) is 0. The minimum atomic E-state index is -0.141. The fraction of sp³-hybridized carbons (Fsp3) is 0.583. The quantitative estimate of drug-likeness (QED) is 0.803. The zero-order valence-electron chi connectivity index (χ0n) is 9.66. The van der Waals surface area contributed by atoms with Crippen LogP contribution in [-0.4, -0.2) is 25.7 Å². The molecule has 2 atom stereocenters. The van der Waals surface area contributed by atoms with Crippen LogP contribution < -0.4 is 5.32 Å². The molecule has 4 heteroatoms. The molecule has 0 aliphatic carbocycles. The van der Waals surface area contributed by atoms with Crippen molar-refractivity contribution in [1.29, 1.82) is 0 Å². The van der Waals surface area contributed by atoms with Gasteiger partial charge in [0.05, 0.1) is 7.11 Å². The monoisotopic (exact) mass is 239 g/mol. The number of thiophene rings is 1. The molecule has 88 valence electrons. The Kier molecular flexibility index (Phi) is 3.61. The Balaban J connectivity index is 2.04. The van der Waals surface area contributed by atoms with Crippen molar-refractivity contribution in [2.45, 2.75) is 31.7 Å². The molecule has 1 fully saturated rings. The number of carbonyl (C=O) groups is 1. The number of rotatable bonds is 2. The number of ether oxygens (including phenoxy) is 1. The number of piperidine rings is 1. The molecular weight excluding hydrogens is 222 g/mol. The van der Waals surface area contributed by atoms with E-state index in [2.05, 4.69) is 24.4 Å². The largest absolute Gasteiger partial charge is 0.468 e. The molecule has 1 aliphatic rings. The average molecular weight is 239 g/mol. The van der Waals surface area contributed by atoms with E-state index in [1.54, 1.807) is 0 Å². The molecule has 1 aliphatic heterocycles. The molecule has 0 amide bonds. The lowest BCUT2D eigenvalue weighted by Gasteiger charge is -2.27. The third-order valence-electron chi connectivity index (χ3n) is 3.05. The van der Waals surface area contributed by atoms with E-state index < -0.39 is 0 Å². The third kappa shape index (κ3) is 2.44. The highest BCUT2D eigenvalue weighted by molar-refractivity contribution is 7.12. The third-order valence-corrected chi connectivity index (χ3v) is 4.22. The molecule has 1 saturated heterocycles. The van der Waals surface area contributed by atoms with E-state index in [0.29, 0.717) is 5.92 Å². The minimum absolute atomic E-state index is 0.133. The Hall–Kier alpha value is -0.870. The van der Waals surface area contributed by atoms with Crippen molar-refractivity contribution < 1.29 is 9.53 Å². The topological polar surface area (TPSA) is 38.3 Å². The summed E-state index contributed by atoms with van der Waals surface area (Å²) < 4.78 is 4.78. The highest BCUT2D eigenvalue weighted by Crippen LogP contribution is 2.32. The van der Waals surface area contributed by atoms with Gasteiger partial charge in [-0.3, -0.25) is 4.79 Å². The molecule has 0 aromatic carbocycles. The second-order valence-corrected chi connectivity index (χ2v) is 5.52. The van der Waals surface area contributed by atoms with Crippen LogP contribution in [0.4, 0.5) is 0 Å². The maximum absolute atomic E-state index is 11.5. The van der Waals surface area contributed by atoms with Gasteiger partial charge in [-0.2, -0.15) is 0 Å². The summed E-state index contributed by atoms with van der Waals surface area (Å²) in [4.78, 5) is 14.2. The van der Waals surface area contributed by atoms with E-state index in [9.17, 15) is 4.79 Å². The lowest BCUT2D eigenvalue weighted by atomic mass is 9.91. The van der Waals surface area contributed by atoms with Crippen LogP contribution in [-0.2, 0) is 9.53 Å². The lowest BCUT2D eigenvalue weighted by molar-refractivity contribution is -0.143. The number of methoxy groups -OCH3 is 1. The molecular formula is C12H17NO2S. The molecule has 16 heavy (non-hydrogen) atoms. The molecule has 1 aromatic rings. The number of nitrogens with one attached hydrogen (secondary N) is 1. The molecule has 0 bridgehead atoms. The summed E-state index contributed by atoms with van der Waals surface area (Å²) in [6.45, 7) is 3.01. The molecule has 1 N–H and O–H groups in total. The van der Waals surface area contributed by atoms with E-state index in [1.165, 1.54) is 16.9 Å². The first-order valence-corrected chi connectivity index (χ1v) is 6.40. The van der Waals surface area contributed by atoms with Crippen LogP contribution in [0.1, 0.15) is 28.5 Å². The maximum atomic E-state index is 11.5.